The van der Waals surface area contributed by atoms with Gasteiger partial charge in [0, 0.05) is 6.42 Å². The van der Waals surface area contributed by atoms with Crippen molar-refractivity contribution >= 4 is 17.8 Å². The van der Waals surface area contributed by atoms with Gasteiger partial charge in [-0.25, -0.2) is 0 Å². The summed E-state index contributed by atoms with van der Waals surface area (Å²) in [5.74, 6) is -0.710. The largest absolute Gasteiger partial charge is 0.463 e. The van der Waals surface area contributed by atoms with E-state index in [1.165, 1.54) is 30.6 Å². The van der Waals surface area contributed by atoms with Crippen LogP contribution in [-0.4, -0.2) is 155 Å². The fourth-order valence-electron chi connectivity index (χ4n) is 4.80. The smallest absolute Gasteiger partial charge is 0.305 e. The molecule has 0 saturated carbocycles. The minimum Gasteiger partial charge on any atom is -0.463 e. The average Bonchev–Trinajstić information content (AvgIpc) is 3.38. The van der Waals surface area contributed by atoms with Gasteiger partial charge in [0.1, 0.15) is 6.61 Å². The highest BCUT2D eigenvalue weighted by atomic mass is 16.6. The van der Waals surface area contributed by atoms with E-state index in [1.807, 2.05) is 0 Å². The molecule has 0 unspecified atom stereocenters. The van der Waals surface area contributed by atoms with Crippen molar-refractivity contribution in [3.05, 3.63) is 35.4 Å². The molecule has 0 aliphatic carbocycles. The number of carbonyl (C=O) groups excluding carboxylic acids is 3. The van der Waals surface area contributed by atoms with Crippen LogP contribution in [0.4, 0.5) is 0 Å². The number of hydrogen-bond donors (Lipinski definition) is 0. The monoisotopic (exact) mass is 727 g/mol. The number of esters is 1. The van der Waals surface area contributed by atoms with Gasteiger partial charge >= 0.3 is 5.97 Å². The highest BCUT2D eigenvalue weighted by molar-refractivity contribution is 6.21. The van der Waals surface area contributed by atoms with Gasteiger partial charge in [0.15, 0.2) is 0 Å². The van der Waals surface area contributed by atoms with Crippen molar-refractivity contribution in [1.29, 1.82) is 0 Å². The van der Waals surface area contributed by atoms with Crippen LogP contribution in [0.5, 0.6) is 0 Å². The summed E-state index contributed by atoms with van der Waals surface area (Å²) in [5.41, 5.74) is 0.880. The fraction of sp³-hybridized carbons (Fsp3) is 0.757. The lowest BCUT2D eigenvalue weighted by Crippen LogP contribution is -2.33. The van der Waals surface area contributed by atoms with Gasteiger partial charge in [0.05, 0.1) is 137 Å². The molecular formula is C37H61NO13. The normalized spacial score (nSPS) is 12.6. The number of carbonyl (C=O) groups is 3. The minimum atomic E-state index is -0.280. The summed E-state index contributed by atoms with van der Waals surface area (Å²) < 4.78 is 54.4. The van der Waals surface area contributed by atoms with Gasteiger partial charge in [-0.1, -0.05) is 51.2 Å². The predicted octanol–water partition coefficient (Wildman–Crippen LogP) is 3.73. The van der Waals surface area contributed by atoms with E-state index in [0.717, 1.165) is 12.8 Å². The molecule has 1 aromatic rings. The van der Waals surface area contributed by atoms with Crippen molar-refractivity contribution in [2.75, 3.05) is 132 Å². The number of ether oxygens (including phenoxy) is 10. The maximum atomic E-state index is 12.3. The lowest BCUT2D eigenvalue weighted by Gasteiger charge is -2.13. The Hall–Kier alpha value is -2.53. The van der Waals surface area contributed by atoms with E-state index in [0.29, 0.717) is 130 Å². The Bertz CT molecular complexity index is 993. The maximum absolute atomic E-state index is 12.3. The second-order valence-corrected chi connectivity index (χ2v) is 11.6. The van der Waals surface area contributed by atoms with Gasteiger partial charge in [-0.05, 0) is 18.6 Å². The van der Waals surface area contributed by atoms with Crippen LogP contribution in [-0.2, 0) is 52.2 Å². The van der Waals surface area contributed by atoms with Crippen molar-refractivity contribution in [2.24, 2.45) is 0 Å². The number of benzene rings is 1. The molecule has 1 aliphatic rings. The van der Waals surface area contributed by atoms with Crippen LogP contribution in [0.15, 0.2) is 24.3 Å². The molecule has 0 radical (unpaired) electrons. The Morgan fingerprint density at radius 3 is 1.20 bits per heavy atom. The molecule has 2 amide bonds. The van der Waals surface area contributed by atoms with Gasteiger partial charge in [-0.15, -0.1) is 0 Å². The molecule has 14 heteroatoms. The summed E-state index contributed by atoms with van der Waals surface area (Å²) in [7, 11) is 0. The van der Waals surface area contributed by atoms with Crippen molar-refractivity contribution in [2.45, 2.75) is 51.9 Å². The van der Waals surface area contributed by atoms with Crippen molar-refractivity contribution in [1.82, 2.24) is 4.90 Å². The second kappa shape index (κ2) is 32.1. The van der Waals surface area contributed by atoms with Crippen molar-refractivity contribution in [3.63, 3.8) is 0 Å². The molecule has 292 valence electrons. The first kappa shape index (κ1) is 44.6. The van der Waals surface area contributed by atoms with Crippen LogP contribution in [0, 0.1) is 0 Å². The molecule has 1 heterocycles. The number of nitrogens with zero attached hydrogens (tertiary/aromatic N) is 1. The average molecular weight is 728 g/mol. The molecule has 0 bridgehead atoms. The third-order valence-corrected chi connectivity index (χ3v) is 7.54. The predicted molar refractivity (Wildman–Crippen MR) is 188 cm³/mol. The first-order valence-electron chi connectivity index (χ1n) is 18.5. The molecule has 0 N–H and O–H groups in total. The van der Waals surface area contributed by atoms with Crippen molar-refractivity contribution in [3.8, 4) is 0 Å². The van der Waals surface area contributed by atoms with Gasteiger partial charge in [-0.2, -0.15) is 0 Å². The lowest BCUT2D eigenvalue weighted by atomic mass is 10.1. The highest BCUT2D eigenvalue weighted by Gasteiger charge is 2.34. The number of amides is 2. The molecule has 0 spiro atoms. The van der Waals surface area contributed by atoms with Gasteiger partial charge in [-0.3, -0.25) is 19.3 Å². The standard InChI is InChI=1S/C37H61NO13/c1-2-3-4-5-6-7-12-35(39)51-32-31-50-30-29-49-28-27-48-26-25-47-24-23-46-22-21-45-20-19-44-18-17-43-16-15-42-14-13-38-36(40)33-10-8-9-11-34(33)37(38)41/h8-11H,2-7,12-32H2,1H3. The molecule has 2 rings (SSSR count). The second-order valence-electron chi connectivity index (χ2n) is 11.6. The minimum absolute atomic E-state index is 0.150. The summed E-state index contributed by atoms with van der Waals surface area (Å²) >= 11 is 0. The van der Waals surface area contributed by atoms with Crippen molar-refractivity contribution < 1.29 is 61.8 Å². The summed E-state index contributed by atoms with van der Waals surface area (Å²) in [6.07, 6.45) is 7.38. The third-order valence-electron chi connectivity index (χ3n) is 7.54. The van der Waals surface area contributed by atoms with E-state index in [1.54, 1.807) is 24.3 Å². The molecule has 1 aromatic carbocycles. The number of hydrogen-bond acceptors (Lipinski definition) is 13. The maximum Gasteiger partial charge on any atom is 0.305 e. The number of imide groups is 1. The van der Waals surface area contributed by atoms with E-state index in [-0.39, 0.29) is 37.5 Å². The zero-order chi connectivity index (χ0) is 36.5. The van der Waals surface area contributed by atoms with Crippen LogP contribution in [0.3, 0.4) is 0 Å². The first-order valence-corrected chi connectivity index (χ1v) is 18.5. The van der Waals surface area contributed by atoms with Crippen LogP contribution < -0.4 is 0 Å². The molecule has 0 fully saturated rings. The topological polar surface area (TPSA) is 147 Å². The van der Waals surface area contributed by atoms with E-state index < -0.39 is 0 Å². The van der Waals surface area contributed by atoms with Gasteiger partial charge < -0.3 is 47.4 Å². The first-order chi connectivity index (χ1) is 25.1. The number of fused-ring (bicyclic) bond motifs is 1. The third kappa shape index (κ3) is 22.9. The van der Waals surface area contributed by atoms with Crippen LogP contribution in [0.2, 0.25) is 0 Å². The Labute approximate surface area is 303 Å². The highest BCUT2D eigenvalue weighted by Crippen LogP contribution is 2.21. The Morgan fingerprint density at radius 2 is 0.804 bits per heavy atom. The molecule has 0 atom stereocenters. The van der Waals surface area contributed by atoms with Crippen LogP contribution >= 0.6 is 0 Å². The quantitative estimate of drug-likeness (QED) is 0.0558. The summed E-state index contributed by atoms with van der Waals surface area (Å²) in [4.78, 5) is 37.5. The van der Waals surface area contributed by atoms with Crippen LogP contribution in [0.25, 0.3) is 0 Å². The summed E-state index contributed by atoms with van der Waals surface area (Å²) in [5, 5.41) is 0. The van der Waals surface area contributed by atoms with E-state index in [2.05, 4.69) is 6.92 Å². The Morgan fingerprint density at radius 1 is 0.471 bits per heavy atom. The molecule has 0 saturated heterocycles. The fourth-order valence-corrected chi connectivity index (χ4v) is 4.80. The molecule has 51 heavy (non-hydrogen) atoms. The number of unbranched alkanes of at least 4 members (excludes halogenated alkanes) is 5. The van der Waals surface area contributed by atoms with Crippen LogP contribution in [0.1, 0.15) is 72.6 Å². The zero-order valence-electron chi connectivity index (χ0n) is 30.7. The zero-order valence-corrected chi connectivity index (χ0v) is 30.7. The molecule has 14 nitrogen and oxygen atoms in total. The van der Waals surface area contributed by atoms with E-state index in [9.17, 15) is 14.4 Å². The van der Waals surface area contributed by atoms with E-state index >= 15 is 0 Å². The number of rotatable bonds is 37. The molecule has 1 aliphatic heterocycles. The summed E-state index contributed by atoms with van der Waals surface area (Å²) in [6.45, 7) is 10.6. The van der Waals surface area contributed by atoms with Gasteiger partial charge in [0.2, 0.25) is 0 Å². The molecule has 0 aromatic heterocycles. The summed E-state index contributed by atoms with van der Waals surface area (Å²) in [6, 6.07) is 6.81. The SMILES string of the molecule is CCCCCCCCC(=O)OCCOCCOCCOCCOCCOCCOCCOCCOCCOCCN1C(=O)c2ccccc2C1=O. The van der Waals surface area contributed by atoms with E-state index in [4.69, 9.17) is 47.4 Å². The Kier molecular flexibility index (Phi) is 28.1. The lowest BCUT2D eigenvalue weighted by molar-refractivity contribution is -0.145. The van der Waals surface area contributed by atoms with Gasteiger partial charge in [0.25, 0.3) is 11.8 Å². The Balaban J connectivity index is 1.18. The molecular weight excluding hydrogens is 666 g/mol.